The molecule has 0 bridgehead atoms. The van der Waals surface area contributed by atoms with Crippen LogP contribution in [0.2, 0.25) is 0 Å². The number of amides is 1. The third-order valence-electron chi connectivity index (χ3n) is 4.63. The van der Waals surface area contributed by atoms with Gasteiger partial charge >= 0.3 is 0 Å². The van der Waals surface area contributed by atoms with E-state index >= 15 is 0 Å². The average Bonchev–Trinajstić information content (AvgIpc) is 2.97. The molecule has 1 saturated heterocycles. The minimum Gasteiger partial charge on any atom is -0.341 e. The lowest BCUT2D eigenvalue weighted by Gasteiger charge is -2.36. The van der Waals surface area contributed by atoms with Gasteiger partial charge in [0.1, 0.15) is 5.25 Å². The zero-order valence-electron chi connectivity index (χ0n) is 14.2. The maximum atomic E-state index is 12.8. The zero-order chi connectivity index (χ0) is 17.5. The smallest absolute Gasteiger partial charge is 0.241 e. The van der Waals surface area contributed by atoms with Crippen molar-refractivity contribution in [3.63, 3.8) is 0 Å². The van der Waals surface area contributed by atoms with Crippen molar-refractivity contribution in [2.24, 2.45) is 11.8 Å². The molecule has 0 saturated carbocycles. The van der Waals surface area contributed by atoms with Crippen molar-refractivity contribution in [3.8, 4) is 0 Å². The molecule has 2 heterocycles. The second-order valence-corrected chi connectivity index (χ2v) is 9.12. The van der Waals surface area contributed by atoms with Crippen LogP contribution in [0.4, 0.5) is 0 Å². The van der Waals surface area contributed by atoms with Crippen LogP contribution in [-0.2, 0) is 14.6 Å². The second kappa shape index (κ2) is 6.20. The number of nitrogens with one attached hydrogen (secondary N) is 1. The van der Waals surface area contributed by atoms with Crippen LogP contribution in [0.3, 0.4) is 0 Å². The zero-order valence-corrected chi connectivity index (χ0v) is 15.0. The maximum Gasteiger partial charge on any atom is 0.241 e. The summed E-state index contributed by atoms with van der Waals surface area (Å²) in [6.07, 6.45) is 1.06. The number of H-pyrrole nitrogens is 1. The Morgan fingerprint density at radius 1 is 1.25 bits per heavy atom. The Hall–Kier alpha value is -1.89. The summed E-state index contributed by atoms with van der Waals surface area (Å²) in [5.41, 5.74) is 1.23. The molecule has 1 aromatic heterocycles. The van der Waals surface area contributed by atoms with Crippen molar-refractivity contribution in [2.75, 3.05) is 13.1 Å². The number of aromatic nitrogens is 2. The van der Waals surface area contributed by atoms with E-state index in [1.165, 1.54) is 6.92 Å². The van der Waals surface area contributed by atoms with Gasteiger partial charge in [-0.2, -0.15) is 0 Å². The standard InChI is InChI=1S/C17H23N3O3S/c1-11-8-12(2)10-20(9-11)16(21)13(3)24(22,23)17-18-14-6-4-5-7-15(14)19-17/h4-7,11-13H,8-10H2,1-3H3,(H,18,19). The lowest BCUT2D eigenvalue weighted by atomic mass is 9.92. The molecule has 1 fully saturated rings. The van der Waals surface area contributed by atoms with Gasteiger partial charge in [0.15, 0.2) is 0 Å². The Morgan fingerprint density at radius 2 is 1.88 bits per heavy atom. The molecule has 0 radical (unpaired) electrons. The van der Waals surface area contributed by atoms with Crippen LogP contribution in [0, 0.1) is 11.8 Å². The molecule has 7 heteroatoms. The molecule has 3 atom stereocenters. The number of piperidine rings is 1. The minimum absolute atomic E-state index is 0.136. The van der Waals surface area contributed by atoms with Crippen molar-refractivity contribution in [1.29, 1.82) is 0 Å². The second-order valence-electron chi connectivity index (χ2n) is 6.94. The summed E-state index contributed by atoms with van der Waals surface area (Å²) in [5, 5.41) is -1.28. The topological polar surface area (TPSA) is 83.1 Å². The van der Waals surface area contributed by atoms with E-state index in [0.29, 0.717) is 36.0 Å². The van der Waals surface area contributed by atoms with E-state index in [4.69, 9.17) is 0 Å². The van der Waals surface area contributed by atoms with Crippen molar-refractivity contribution < 1.29 is 13.2 Å². The molecule has 1 aliphatic rings. The van der Waals surface area contributed by atoms with Crippen LogP contribution in [0.5, 0.6) is 0 Å². The number of nitrogens with zero attached hydrogens (tertiary/aromatic N) is 2. The number of carbonyl (C=O) groups is 1. The molecule has 1 aliphatic heterocycles. The first-order chi connectivity index (χ1) is 11.3. The predicted molar refractivity (Wildman–Crippen MR) is 92.3 cm³/mol. The number of para-hydroxylation sites is 2. The van der Waals surface area contributed by atoms with Crippen LogP contribution in [0.15, 0.2) is 29.4 Å². The van der Waals surface area contributed by atoms with E-state index in [2.05, 4.69) is 23.8 Å². The SMILES string of the molecule is CC1CC(C)CN(C(=O)C(C)S(=O)(=O)c2nc3ccccc3[nH]2)C1. The van der Waals surface area contributed by atoms with Gasteiger partial charge in [-0.25, -0.2) is 13.4 Å². The number of rotatable bonds is 3. The Morgan fingerprint density at radius 3 is 2.50 bits per heavy atom. The number of hydrogen-bond acceptors (Lipinski definition) is 4. The molecule has 0 spiro atoms. The summed E-state index contributed by atoms with van der Waals surface area (Å²) in [6.45, 7) is 6.86. The number of fused-ring (bicyclic) bond motifs is 1. The number of imidazole rings is 1. The molecule has 24 heavy (non-hydrogen) atoms. The Labute approximate surface area is 142 Å². The summed E-state index contributed by atoms with van der Waals surface area (Å²) < 4.78 is 25.6. The highest BCUT2D eigenvalue weighted by atomic mass is 32.2. The molecule has 1 aromatic carbocycles. The van der Waals surface area contributed by atoms with Gasteiger partial charge in [-0.1, -0.05) is 26.0 Å². The fourth-order valence-electron chi connectivity index (χ4n) is 3.46. The predicted octanol–water partition coefficient (Wildman–Crippen LogP) is 2.23. The number of aromatic amines is 1. The number of sulfone groups is 1. The number of hydrogen-bond donors (Lipinski definition) is 1. The summed E-state index contributed by atoms with van der Waals surface area (Å²) in [6, 6.07) is 7.11. The number of likely N-dealkylation sites (tertiary alicyclic amines) is 1. The molecule has 0 aliphatic carbocycles. The molecule has 1 amide bonds. The van der Waals surface area contributed by atoms with Crippen molar-refractivity contribution in [2.45, 2.75) is 37.6 Å². The first kappa shape index (κ1) is 17.0. The Kier molecular flexibility index (Phi) is 4.38. The van der Waals surface area contributed by atoms with Crippen LogP contribution in [0.1, 0.15) is 27.2 Å². The molecule has 130 valence electrons. The molecular formula is C17H23N3O3S. The quantitative estimate of drug-likeness (QED) is 0.921. The summed E-state index contributed by atoms with van der Waals surface area (Å²) >= 11 is 0. The molecule has 3 unspecified atom stereocenters. The Balaban J connectivity index is 1.87. The average molecular weight is 349 g/mol. The van der Waals surface area contributed by atoms with Gasteiger partial charge in [0, 0.05) is 13.1 Å². The molecule has 6 nitrogen and oxygen atoms in total. The van der Waals surface area contributed by atoms with Crippen molar-refractivity contribution in [1.82, 2.24) is 14.9 Å². The third kappa shape index (κ3) is 3.05. The van der Waals surface area contributed by atoms with E-state index in [0.717, 1.165) is 6.42 Å². The lowest BCUT2D eigenvalue weighted by molar-refractivity contribution is -0.133. The molecular weight excluding hydrogens is 326 g/mol. The summed E-state index contributed by atoms with van der Waals surface area (Å²) in [5.74, 6) is 0.437. The van der Waals surface area contributed by atoms with E-state index in [1.807, 2.05) is 6.07 Å². The van der Waals surface area contributed by atoms with Gasteiger partial charge < -0.3 is 9.88 Å². The van der Waals surface area contributed by atoms with Gasteiger partial charge in [-0.15, -0.1) is 0 Å². The fourth-order valence-corrected chi connectivity index (χ4v) is 4.69. The van der Waals surface area contributed by atoms with E-state index in [9.17, 15) is 13.2 Å². The van der Waals surface area contributed by atoms with E-state index < -0.39 is 15.1 Å². The fraction of sp³-hybridized carbons (Fsp3) is 0.529. The first-order valence-corrected chi connectivity index (χ1v) is 9.81. The van der Waals surface area contributed by atoms with Crippen molar-refractivity contribution >= 4 is 26.8 Å². The maximum absolute atomic E-state index is 12.8. The van der Waals surface area contributed by atoms with Crippen molar-refractivity contribution in [3.05, 3.63) is 24.3 Å². The van der Waals surface area contributed by atoms with E-state index in [-0.39, 0.29) is 11.1 Å². The van der Waals surface area contributed by atoms with Gasteiger partial charge in [0.05, 0.1) is 11.0 Å². The van der Waals surface area contributed by atoms with Crippen LogP contribution < -0.4 is 0 Å². The van der Waals surface area contributed by atoms with Crippen LogP contribution in [0.25, 0.3) is 11.0 Å². The first-order valence-electron chi connectivity index (χ1n) is 8.26. The normalized spacial score (nSPS) is 23.4. The minimum atomic E-state index is -3.84. The number of carbonyl (C=O) groups excluding carboxylic acids is 1. The lowest BCUT2D eigenvalue weighted by Crippen LogP contribution is -2.48. The Bertz CT molecular complexity index is 816. The van der Waals surface area contributed by atoms with Crippen LogP contribution >= 0.6 is 0 Å². The third-order valence-corrected chi connectivity index (χ3v) is 6.50. The summed E-state index contributed by atoms with van der Waals surface area (Å²) in [4.78, 5) is 21.4. The monoisotopic (exact) mass is 349 g/mol. The molecule has 2 aromatic rings. The van der Waals surface area contributed by atoms with Crippen LogP contribution in [-0.4, -0.2) is 47.5 Å². The van der Waals surface area contributed by atoms with E-state index in [1.54, 1.807) is 23.1 Å². The largest absolute Gasteiger partial charge is 0.341 e. The number of benzene rings is 1. The molecule has 3 rings (SSSR count). The van der Waals surface area contributed by atoms with Gasteiger partial charge in [0.25, 0.3) is 0 Å². The van der Waals surface area contributed by atoms with Gasteiger partial charge in [-0.05, 0) is 37.3 Å². The molecule has 1 N–H and O–H groups in total. The van der Waals surface area contributed by atoms with Gasteiger partial charge in [0.2, 0.25) is 20.9 Å². The highest BCUT2D eigenvalue weighted by Crippen LogP contribution is 2.24. The van der Waals surface area contributed by atoms with Gasteiger partial charge in [-0.3, -0.25) is 4.79 Å². The summed E-state index contributed by atoms with van der Waals surface area (Å²) in [7, 11) is -3.84. The highest BCUT2D eigenvalue weighted by Gasteiger charge is 2.37. The highest BCUT2D eigenvalue weighted by molar-refractivity contribution is 7.92.